The molecule has 0 aromatic carbocycles. The molecule has 0 aliphatic rings. The number of hydrogen-bond acceptors (Lipinski definition) is 4. The molecule has 1 N–H and O–H groups in total. The van der Waals surface area contributed by atoms with Crippen LogP contribution in [0, 0.1) is 0 Å². The lowest BCUT2D eigenvalue weighted by atomic mass is 10.4. The SMILES string of the molecule is CCCNCc1ccc(COc2cnn(C)c2)s1. The summed E-state index contributed by atoms with van der Waals surface area (Å²) in [5, 5.41) is 7.47. The number of aromatic nitrogens is 2. The highest BCUT2D eigenvalue weighted by atomic mass is 32.1. The molecule has 0 aliphatic heterocycles. The molecule has 98 valence electrons. The maximum absolute atomic E-state index is 5.66. The van der Waals surface area contributed by atoms with Crippen molar-refractivity contribution < 1.29 is 4.74 Å². The maximum Gasteiger partial charge on any atom is 0.157 e. The first kappa shape index (κ1) is 13.1. The van der Waals surface area contributed by atoms with Gasteiger partial charge in [-0.25, -0.2) is 0 Å². The van der Waals surface area contributed by atoms with Gasteiger partial charge in [-0.05, 0) is 25.1 Å². The third-order valence-electron chi connectivity index (χ3n) is 2.51. The van der Waals surface area contributed by atoms with Gasteiger partial charge in [0.25, 0.3) is 0 Å². The van der Waals surface area contributed by atoms with Crippen LogP contribution in [0.5, 0.6) is 5.75 Å². The average molecular weight is 265 g/mol. The summed E-state index contributed by atoms with van der Waals surface area (Å²) in [5.41, 5.74) is 0. The van der Waals surface area contributed by atoms with Gasteiger partial charge in [0.2, 0.25) is 0 Å². The summed E-state index contributed by atoms with van der Waals surface area (Å²) in [7, 11) is 1.88. The first-order valence-corrected chi connectivity index (χ1v) is 6.99. The van der Waals surface area contributed by atoms with Crippen LogP contribution in [0.3, 0.4) is 0 Å². The molecule has 2 aromatic rings. The molecule has 0 fully saturated rings. The van der Waals surface area contributed by atoms with Crippen LogP contribution in [0.1, 0.15) is 23.1 Å². The zero-order valence-electron chi connectivity index (χ0n) is 10.8. The Bertz CT molecular complexity index is 478. The predicted molar refractivity (Wildman–Crippen MR) is 73.9 cm³/mol. The molecule has 0 aliphatic carbocycles. The number of rotatable bonds is 7. The first-order chi connectivity index (χ1) is 8.78. The van der Waals surface area contributed by atoms with E-state index in [9.17, 15) is 0 Å². The molecule has 0 spiro atoms. The third-order valence-corrected chi connectivity index (χ3v) is 3.56. The molecule has 5 heteroatoms. The zero-order valence-corrected chi connectivity index (χ0v) is 11.7. The van der Waals surface area contributed by atoms with Crippen molar-refractivity contribution in [1.29, 1.82) is 0 Å². The fourth-order valence-corrected chi connectivity index (χ4v) is 2.51. The van der Waals surface area contributed by atoms with Crippen LogP contribution in [0.2, 0.25) is 0 Å². The molecule has 18 heavy (non-hydrogen) atoms. The first-order valence-electron chi connectivity index (χ1n) is 6.17. The molecule has 0 amide bonds. The van der Waals surface area contributed by atoms with E-state index in [0.717, 1.165) is 18.8 Å². The van der Waals surface area contributed by atoms with Crippen LogP contribution in [-0.4, -0.2) is 16.3 Å². The molecular formula is C13H19N3OS. The lowest BCUT2D eigenvalue weighted by molar-refractivity contribution is 0.309. The van der Waals surface area contributed by atoms with E-state index in [1.807, 2.05) is 13.2 Å². The lowest BCUT2D eigenvalue weighted by Crippen LogP contribution is -2.12. The van der Waals surface area contributed by atoms with Crippen molar-refractivity contribution in [1.82, 2.24) is 15.1 Å². The van der Waals surface area contributed by atoms with Crippen molar-refractivity contribution >= 4 is 11.3 Å². The lowest BCUT2D eigenvalue weighted by Gasteiger charge is -2.00. The molecule has 0 saturated heterocycles. The topological polar surface area (TPSA) is 39.1 Å². The van der Waals surface area contributed by atoms with E-state index in [-0.39, 0.29) is 0 Å². The van der Waals surface area contributed by atoms with E-state index < -0.39 is 0 Å². The zero-order chi connectivity index (χ0) is 12.8. The van der Waals surface area contributed by atoms with Crippen molar-refractivity contribution in [2.45, 2.75) is 26.5 Å². The molecule has 0 saturated carbocycles. The quantitative estimate of drug-likeness (QED) is 0.782. The monoisotopic (exact) mass is 265 g/mol. The summed E-state index contributed by atoms with van der Waals surface area (Å²) in [5.74, 6) is 0.816. The second kappa shape index (κ2) is 6.56. The van der Waals surface area contributed by atoms with Gasteiger partial charge in [0.1, 0.15) is 6.61 Å². The molecule has 0 bridgehead atoms. The minimum atomic E-state index is 0.615. The molecule has 2 rings (SSSR count). The third kappa shape index (κ3) is 3.85. The Morgan fingerprint density at radius 2 is 2.22 bits per heavy atom. The van der Waals surface area contributed by atoms with Gasteiger partial charge in [-0.3, -0.25) is 4.68 Å². The van der Waals surface area contributed by atoms with Crippen LogP contribution in [0.25, 0.3) is 0 Å². The molecular weight excluding hydrogens is 246 g/mol. The summed E-state index contributed by atoms with van der Waals surface area (Å²) in [6.07, 6.45) is 4.77. The van der Waals surface area contributed by atoms with Crippen molar-refractivity contribution in [3.05, 3.63) is 34.3 Å². The van der Waals surface area contributed by atoms with E-state index in [0.29, 0.717) is 6.61 Å². The predicted octanol–water partition coefficient (Wildman–Crippen LogP) is 2.56. The summed E-state index contributed by atoms with van der Waals surface area (Å²) < 4.78 is 7.40. The minimum Gasteiger partial charge on any atom is -0.485 e. The Hall–Kier alpha value is -1.33. The summed E-state index contributed by atoms with van der Waals surface area (Å²) in [6, 6.07) is 4.29. The normalized spacial score (nSPS) is 10.8. The van der Waals surface area contributed by atoms with Crippen LogP contribution in [0.15, 0.2) is 24.5 Å². The van der Waals surface area contributed by atoms with E-state index in [1.54, 1.807) is 22.2 Å². The van der Waals surface area contributed by atoms with Gasteiger partial charge in [-0.2, -0.15) is 5.10 Å². The number of aryl methyl sites for hydroxylation is 1. The van der Waals surface area contributed by atoms with Crippen molar-refractivity contribution in [3.8, 4) is 5.75 Å². The van der Waals surface area contributed by atoms with Gasteiger partial charge in [0.15, 0.2) is 5.75 Å². The number of ether oxygens (including phenoxy) is 1. The maximum atomic E-state index is 5.66. The molecule has 0 atom stereocenters. The van der Waals surface area contributed by atoms with Gasteiger partial charge in [-0.1, -0.05) is 6.92 Å². The molecule has 2 aromatic heterocycles. The number of thiophene rings is 1. The van der Waals surface area contributed by atoms with Gasteiger partial charge in [0.05, 0.1) is 12.4 Å². The molecule has 2 heterocycles. The Balaban J connectivity index is 1.79. The highest BCUT2D eigenvalue weighted by Crippen LogP contribution is 2.18. The van der Waals surface area contributed by atoms with E-state index in [4.69, 9.17) is 4.74 Å². The van der Waals surface area contributed by atoms with Gasteiger partial charge in [0, 0.05) is 23.3 Å². The van der Waals surface area contributed by atoms with Crippen molar-refractivity contribution in [2.75, 3.05) is 6.54 Å². The number of hydrogen-bond donors (Lipinski definition) is 1. The van der Waals surface area contributed by atoms with E-state index in [2.05, 4.69) is 29.5 Å². The van der Waals surface area contributed by atoms with Crippen molar-refractivity contribution in [3.63, 3.8) is 0 Å². The Morgan fingerprint density at radius 1 is 1.39 bits per heavy atom. The average Bonchev–Trinajstić information content (AvgIpc) is 2.96. The summed E-state index contributed by atoms with van der Waals surface area (Å²) in [4.78, 5) is 2.60. The van der Waals surface area contributed by atoms with Crippen LogP contribution in [0.4, 0.5) is 0 Å². The van der Waals surface area contributed by atoms with E-state index >= 15 is 0 Å². The highest BCUT2D eigenvalue weighted by molar-refractivity contribution is 7.11. The largest absolute Gasteiger partial charge is 0.485 e. The molecule has 0 unspecified atom stereocenters. The molecule has 0 radical (unpaired) electrons. The Labute approximate surface area is 112 Å². The van der Waals surface area contributed by atoms with Gasteiger partial charge >= 0.3 is 0 Å². The van der Waals surface area contributed by atoms with Gasteiger partial charge in [-0.15, -0.1) is 11.3 Å². The van der Waals surface area contributed by atoms with Crippen LogP contribution >= 0.6 is 11.3 Å². The summed E-state index contributed by atoms with van der Waals surface area (Å²) in [6.45, 7) is 4.81. The Kier molecular flexibility index (Phi) is 4.78. The number of nitrogens with one attached hydrogen (secondary N) is 1. The van der Waals surface area contributed by atoms with E-state index in [1.165, 1.54) is 16.2 Å². The highest BCUT2D eigenvalue weighted by Gasteiger charge is 2.02. The fourth-order valence-electron chi connectivity index (χ4n) is 1.61. The standard InChI is InChI=1S/C13H19N3OS/c1-3-6-14-8-12-4-5-13(18-12)10-17-11-7-15-16(2)9-11/h4-5,7,9,14H,3,6,8,10H2,1-2H3. The summed E-state index contributed by atoms with van der Waals surface area (Å²) >= 11 is 1.79. The Morgan fingerprint density at radius 3 is 2.94 bits per heavy atom. The van der Waals surface area contributed by atoms with Crippen LogP contribution < -0.4 is 10.1 Å². The number of nitrogens with zero attached hydrogens (tertiary/aromatic N) is 2. The van der Waals surface area contributed by atoms with Crippen LogP contribution in [-0.2, 0) is 20.2 Å². The second-order valence-corrected chi connectivity index (χ2v) is 5.44. The fraction of sp³-hybridized carbons (Fsp3) is 0.462. The minimum absolute atomic E-state index is 0.615. The van der Waals surface area contributed by atoms with Crippen molar-refractivity contribution in [2.24, 2.45) is 7.05 Å². The smallest absolute Gasteiger partial charge is 0.157 e. The molecule has 4 nitrogen and oxygen atoms in total. The second-order valence-electron chi connectivity index (χ2n) is 4.18. The van der Waals surface area contributed by atoms with Gasteiger partial charge < -0.3 is 10.1 Å².